The summed E-state index contributed by atoms with van der Waals surface area (Å²) in [6.45, 7) is 1.95. The fourth-order valence-corrected chi connectivity index (χ4v) is 2.86. The van der Waals surface area contributed by atoms with Crippen molar-refractivity contribution in [2.45, 2.75) is 50.9 Å². The molecule has 0 spiro atoms. The molecule has 0 aliphatic heterocycles. The van der Waals surface area contributed by atoms with E-state index >= 15 is 0 Å². The summed E-state index contributed by atoms with van der Waals surface area (Å²) in [5, 5.41) is 0. The van der Waals surface area contributed by atoms with Crippen LogP contribution in [0.5, 0.6) is 11.5 Å². The van der Waals surface area contributed by atoms with Gasteiger partial charge in [-0.3, -0.25) is 0 Å². The van der Waals surface area contributed by atoms with Crippen LogP contribution in [-0.4, -0.2) is 26.4 Å². The summed E-state index contributed by atoms with van der Waals surface area (Å²) in [4.78, 5) is 0. The zero-order valence-corrected chi connectivity index (χ0v) is 12.6. The zero-order valence-electron chi connectivity index (χ0n) is 12.6. The van der Waals surface area contributed by atoms with E-state index in [1.165, 1.54) is 0 Å². The Labute approximate surface area is 121 Å². The maximum Gasteiger partial charge on any atom is 0.128 e. The van der Waals surface area contributed by atoms with Gasteiger partial charge < -0.3 is 19.9 Å². The number of hydrogen-bond donors (Lipinski definition) is 1. The van der Waals surface area contributed by atoms with Gasteiger partial charge >= 0.3 is 0 Å². The lowest BCUT2D eigenvalue weighted by molar-refractivity contribution is 0.0205. The number of benzene rings is 1. The third-order valence-corrected chi connectivity index (χ3v) is 3.91. The van der Waals surface area contributed by atoms with Crippen LogP contribution in [-0.2, 0) is 4.74 Å². The summed E-state index contributed by atoms with van der Waals surface area (Å²) < 4.78 is 17.0. The van der Waals surface area contributed by atoms with Crippen molar-refractivity contribution in [2.24, 2.45) is 5.73 Å². The Balaban J connectivity index is 2.16. The Morgan fingerprint density at radius 2 is 1.85 bits per heavy atom. The summed E-state index contributed by atoms with van der Waals surface area (Å²) >= 11 is 0. The summed E-state index contributed by atoms with van der Waals surface area (Å²) in [7, 11) is 3.43. The number of nitrogens with two attached hydrogens (primary N) is 1. The molecular weight excluding hydrogens is 254 g/mol. The van der Waals surface area contributed by atoms with Crippen LogP contribution in [0.25, 0.3) is 0 Å². The normalized spacial score (nSPS) is 24.2. The summed E-state index contributed by atoms with van der Waals surface area (Å²) in [5.41, 5.74) is 7.00. The number of ether oxygens (including phenoxy) is 3. The van der Waals surface area contributed by atoms with E-state index in [-0.39, 0.29) is 12.1 Å². The molecule has 1 aromatic rings. The predicted molar refractivity (Wildman–Crippen MR) is 79.3 cm³/mol. The number of rotatable bonds is 5. The quantitative estimate of drug-likeness (QED) is 0.900. The van der Waals surface area contributed by atoms with Crippen LogP contribution in [0, 0.1) is 0 Å². The molecular formula is C16H25NO3. The third-order valence-electron chi connectivity index (χ3n) is 3.91. The molecule has 1 saturated carbocycles. The maximum absolute atomic E-state index is 6.18. The molecule has 4 heteroatoms. The molecule has 3 atom stereocenters. The van der Waals surface area contributed by atoms with Gasteiger partial charge in [0.25, 0.3) is 0 Å². The Morgan fingerprint density at radius 1 is 1.15 bits per heavy atom. The lowest BCUT2D eigenvalue weighted by Crippen LogP contribution is -2.30. The lowest BCUT2D eigenvalue weighted by Gasteiger charge is -2.30. The molecule has 0 aromatic heterocycles. The summed E-state index contributed by atoms with van der Waals surface area (Å²) in [5.74, 6) is 1.62. The Morgan fingerprint density at radius 3 is 2.50 bits per heavy atom. The monoisotopic (exact) mass is 279 g/mol. The van der Waals surface area contributed by atoms with Crippen molar-refractivity contribution >= 4 is 0 Å². The maximum atomic E-state index is 6.18. The smallest absolute Gasteiger partial charge is 0.128 e. The minimum atomic E-state index is -0.122. The Hall–Kier alpha value is -1.26. The van der Waals surface area contributed by atoms with Crippen LogP contribution in [0.15, 0.2) is 18.2 Å². The van der Waals surface area contributed by atoms with Crippen LogP contribution in [0.4, 0.5) is 0 Å². The first-order valence-electron chi connectivity index (χ1n) is 7.27. The van der Waals surface area contributed by atoms with E-state index in [1.54, 1.807) is 14.2 Å². The van der Waals surface area contributed by atoms with Crippen molar-refractivity contribution in [1.29, 1.82) is 0 Å². The highest BCUT2D eigenvalue weighted by molar-refractivity contribution is 5.46. The van der Waals surface area contributed by atoms with Crippen molar-refractivity contribution in [3.05, 3.63) is 23.8 Å². The second-order valence-corrected chi connectivity index (χ2v) is 5.42. The zero-order chi connectivity index (χ0) is 14.5. The van der Waals surface area contributed by atoms with Crippen LogP contribution >= 0.6 is 0 Å². The van der Waals surface area contributed by atoms with Crippen LogP contribution in [0.2, 0.25) is 0 Å². The van der Waals surface area contributed by atoms with E-state index in [4.69, 9.17) is 19.9 Å². The van der Waals surface area contributed by atoms with Crippen molar-refractivity contribution in [1.82, 2.24) is 0 Å². The molecule has 3 unspecified atom stereocenters. The van der Waals surface area contributed by atoms with E-state index in [2.05, 4.69) is 0 Å². The molecule has 4 nitrogen and oxygen atoms in total. The fourth-order valence-electron chi connectivity index (χ4n) is 2.86. The first-order valence-corrected chi connectivity index (χ1v) is 7.27. The molecule has 2 rings (SSSR count). The molecule has 112 valence electrons. The second kappa shape index (κ2) is 6.95. The first-order chi connectivity index (χ1) is 9.65. The molecule has 20 heavy (non-hydrogen) atoms. The molecule has 0 heterocycles. The van der Waals surface area contributed by atoms with Crippen molar-refractivity contribution in [3.63, 3.8) is 0 Å². The van der Waals surface area contributed by atoms with E-state index in [9.17, 15) is 0 Å². The molecule has 1 aliphatic rings. The van der Waals surface area contributed by atoms with Crippen molar-refractivity contribution in [2.75, 3.05) is 14.2 Å². The number of hydrogen-bond acceptors (Lipinski definition) is 4. The largest absolute Gasteiger partial charge is 0.496 e. The molecule has 0 radical (unpaired) electrons. The minimum absolute atomic E-state index is 0.122. The molecule has 1 aromatic carbocycles. The average Bonchev–Trinajstić information content (AvgIpc) is 2.46. The fraction of sp³-hybridized carbons (Fsp3) is 0.625. The predicted octanol–water partition coefficient (Wildman–Crippen LogP) is 3.05. The van der Waals surface area contributed by atoms with Crippen molar-refractivity contribution < 1.29 is 14.2 Å². The van der Waals surface area contributed by atoms with Gasteiger partial charge in [0.05, 0.1) is 18.8 Å². The van der Waals surface area contributed by atoms with Crippen molar-refractivity contribution in [3.8, 4) is 11.5 Å². The average molecular weight is 279 g/mol. The lowest BCUT2D eigenvalue weighted by atomic mass is 9.94. The highest BCUT2D eigenvalue weighted by Crippen LogP contribution is 2.35. The molecule has 1 aliphatic carbocycles. The molecule has 1 fully saturated rings. The summed E-state index contributed by atoms with van der Waals surface area (Å²) in [6, 6.07) is 5.71. The Kier molecular flexibility index (Phi) is 5.26. The standard InChI is InChI=1S/C16H25NO3/c1-11(17)16-14(19-3)8-5-9-15(16)20-13-7-4-6-12(10-13)18-2/h5,8-9,11-13H,4,6-7,10,17H2,1-3H3. The van der Waals surface area contributed by atoms with Gasteiger partial charge in [0, 0.05) is 19.6 Å². The van der Waals surface area contributed by atoms with Gasteiger partial charge in [-0.2, -0.15) is 0 Å². The highest BCUT2D eigenvalue weighted by Gasteiger charge is 2.25. The van der Waals surface area contributed by atoms with Gasteiger partial charge in [0.1, 0.15) is 17.6 Å². The van der Waals surface area contributed by atoms with E-state index < -0.39 is 0 Å². The van der Waals surface area contributed by atoms with Gasteiger partial charge in [-0.15, -0.1) is 0 Å². The second-order valence-electron chi connectivity index (χ2n) is 5.42. The SMILES string of the molecule is COc1cccc(OC2CCCC(OC)C2)c1C(C)N. The van der Waals surface area contributed by atoms with E-state index in [0.29, 0.717) is 6.10 Å². The minimum Gasteiger partial charge on any atom is -0.496 e. The van der Waals surface area contributed by atoms with Gasteiger partial charge in [-0.25, -0.2) is 0 Å². The van der Waals surface area contributed by atoms with Gasteiger partial charge in [0.2, 0.25) is 0 Å². The first kappa shape index (κ1) is 15.1. The van der Waals surface area contributed by atoms with Crippen LogP contribution < -0.4 is 15.2 Å². The topological polar surface area (TPSA) is 53.7 Å². The van der Waals surface area contributed by atoms with Gasteiger partial charge in [-0.05, 0) is 38.3 Å². The Bertz CT molecular complexity index is 434. The van der Waals surface area contributed by atoms with Crippen LogP contribution in [0.1, 0.15) is 44.2 Å². The highest BCUT2D eigenvalue weighted by atomic mass is 16.5. The van der Waals surface area contributed by atoms with Gasteiger partial charge in [0.15, 0.2) is 0 Å². The third kappa shape index (κ3) is 3.44. The molecule has 0 saturated heterocycles. The molecule has 2 N–H and O–H groups in total. The molecule has 0 bridgehead atoms. The molecule has 0 amide bonds. The number of methoxy groups -OCH3 is 2. The van der Waals surface area contributed by atoms with Gasteiger partial charge in [-0.1, -0.05) is 6.07 Å². The van der Waals surface area contributed by atoms with E-state index in [0.717, 1.165) is 42.7 Å². The van der Waals surface area contributed by atoms with E-state index in [1.807, 2.05) is 25.1 Å². The van der Waals surface area contributed by atoms with Crippen LogP contribution in [0.3, 0.4) is 0 Å². The summed E-state index contributed by atoms with van der Waals surface area (Å²) in [6.07, 6.45) is 4.76.